The Morgan fingerprint density at radius 1 is 1.27 bits per heavy atom. The molecule has 0 unspecified atom stereocenters. The maximum atomic E-state index is 12.8. The fourth-order valence-corrected chi connectivity index (χ4v) is 3.08. The molecule has 0 saturated heterocycles. The normalized spacial score (nSPS) is 15.9. The van der Waals surface area contributed by atoms with Gasteiger partial charge in [0.05, 0.1) is 11.4 Å². The Balaban J connectivity index is 1.76. The molecule has 1 aliphatic rings. The largest absolute Gasteiger partial charge is 0.362 e. The first kappa shape index (κ1) is 18.1. The number of rotatable bonds is 5. The number of carbonyl (C=O) groups excluding carboxylic acids is 2. The van der Waals surface area contributed by atoms with Crippen molar-refractivity contribution in [3.63, 3.8) is 0 Å². The topological polar surface area (TPSA) is 88.8 Å². The summed E-state index contributed by atoms with van der Waals surface area (Å²) < 4.78 is 10.5. The highest BCUT2D eigenvalue weighted by molar-refractivity contribution is 6.15. The standard InChI is InChI=1S/C18H22N4O4/c1-5-14-19-15(26-20-14)10-25-11-16(23)22-13-9-7-6-8-12(13)21(4)17(24)18(22,2)3/h6-9H,5,10-11H2,1-4H3. The molecule has 1 aliphatic heterocycles. The number of para-hydroxylation sites is 2. The average Bonchev–Trinajstić information content (AvgIpc) is 3.08. The average molecular weight is 358 g/mol. The lowest BCUT2D eigenvalue weighted by atomic mass is 9.95. The van der Waals surface area contributed by atoms with E-state index in [0.29, 0.717) is 29.5 Å². The van der Waals surface area contributed by atoms with E-state index in [1.807, 2.05) is 31.2 Å². The van der Waals surface area contributed by atoms with E-state index in [1.54, 1.807) is 25.8 Å². The number of aryl methyl sites for hydroxylation is 1. The number of amides is 2. The zero-order valence-corrected chi connectivity index (χ0v) is 15.4. The molecular formula is C18H22N4O4. The van der Waals surface area contributed by atoms with E-state index in [0.717, 1.165) is 0 Å². The lowest BCUT2D eigenvalue weighted by molar-refractivity contribution is -0.130. The first-order valence-corrected chi connectivity index (χ1v) is 8.45. The van der Waals surface area contributed by atoms with E-state index in [9.17, 15) is 9.59 Å². The number of aromatic nitrogens is 2. The number of benzene rings is 1. The van der Waals surface area contributed by atoms with Crippen molar-refractivity contribution in [2.24, 2.45) is 0 Å². The van der Waals surface area contributed by atoms with Crippen molar-refractivity contribution in [3.05, 3.63) is 36.0 Å². The van der Waals surface area contributed by atoms with E-state index in [4.69, 9.17) is 9.26 Å². The summed E-state index contributed by atoms with van der Waals surface area (Å²) in [6.45, 7) is 5.22. The zero-order chi connectivity index (χ0) is 18.9. The third-order valence-electron chi connectivity index (χ3n) is 4.40. The van der Waals surface area contributed by atoms with Crippen LogP contribution in [0.2, 0.25) is 0 Å². The second-order valence-electron chi connectivity index (χ2n) is 6.59. The summed E-state index contributed by atoms with van der Waals surface area (Å²) >= 11 is 0. The maximum absolute atomic E-state index is 12.8. The molecule has 8 nitrogen and oxygen atoms in total. The number of carbonyl (C=O) groups is 2. The molecule has 26 heavy (non-hydrogen) atoms. The van der Waals surface area contributed by atoms with Gasteiger partial charge in [0, 0.05) is 13.5 Å². The molecule has 0 bridgehead atoms. The predicted octanol–water partition coefficient (Wildman–Crippen LogP) is 1.94. The molecule has 138 valence electrons. The van der Waals surface area contributed by atoms with Gasteiger partial charge in [-0.2, -0.15) is 4.98 Å². The molecule has 0 atom stereocenters. The van der Waals surface area contributed by atoms with E-state index in [2.05, 4.69) is 10.1 Å². The minimum Gasteiger partial charge on any atom is -0.362 e. The van der Waals surface area contributed by atoms with Crippen LogP contribution in [-0.4, -0.2) is 41.1 Å². The smallest absolute Gasteiger partial charge is 0.254 e. The fraction of sp³-hybridized carbons (Fsp3) is 0.444. The van der Waals surface area contributed by atoms with Crippen molar-refractivity contribution in [2.75, 3.05) is 23.5 Å². The van der Waals surface area contributed by atoms with Crippen LogP contribution in [0, 0.1) is 0 Å². The van der Waals surface area contributed by atoms with Crippen LogP contribution in [0.1, 0.15) is 32.5 Å². The van der Waals surface area contributed by atoms with Gasteiger partial charge in [-0.05, 0) is 26.0 Å². The molecule has 0 saturated carbocycles. The van der Waals surface area contributed by atoms with Crippen molar-refractivity contribution in [3.8, 4) is 0 Å². The van der Waals surface area contributed by atoms with Crippen molar-refractivity contribution >= 4 is 23.2 Å². The van der Waals surface area contributed by atoms with E-state index in [-0.39, 0.29) is 25.0 Å². The Hall–Kier alpha value is -2.74. The van der Waals surface area contributed by atoms with Crippen LogP contribution in [0.3, 0.4) is 0 Å². The van der Waals surface area contributed by atoms with Gasteiger partial charge in [-0.25, -0.2) is 0 Å². The number of anilines is 2. The number of hydrogen-bond acceptors (Lipinski definition) is 6. The number of ether oxygens (including phenoxy) is 1. The summed E-state index contributed by atoms with van der Waals surface area (Å²) in [5, 5.41) is 3.78. The third-order valence-corrected chi connectivity index (χ3v) is 4.40. The summed E-state index contributed by atoms with van der Waals surface area (Å²) in [5.41, 5.74) is 0.359. The minimum atomic E-state index is -1.01. The van der Waals surface area contributed by atoms with Crippen molar-refractivity contribution in [1.82, 2.24) is 10.1 Å². The summed E-state index contributed by atoms with van der Waals surface area (Å²) in [6.07, 6.45) is 0.664. The van der Waals surface area contributed by atoms with E-state index in [1.165, 1.54) is 4.90 Å². The van der Waals surface area contributed by atoms with Crippen molar-refractivity contribution in [2.45, 2.75) is 39.3 Å². The van der Waals surface area contributed by atoms with Crippen LogP contribution in [-0.2, 0) is 27.4 Å². The van der Waals surface area contributed by atoms with Crippen LogP contribution >= 0.6 is 0 Å². The molecule has 0 fully saturated rings. The van der Waals surface area contributed by atoms with E-state index < -0.39 is 5.54 Å². The highest BCUT2D eigenvalue weighted by Crippen LogP contribution is 2.39. The molecule has 0 aliphatic carbocycles. The SMILES string of the molecule is CCc1noc(COCC(=O)N2c3ccccc3N(C)C(=O)C2(C)C)n1. The molecule has 2 amide bonds. The summed E-state index contributed by atoms with van der Waals surface area (Å²) in [6, 6.07) is 7.31. The fourth-order valence-electron chi connectivity index (χ4n) is 3.08. The Morgan fingerprint density at radius 2 is 1.96 bits per heavy atom. The van der Waals surface area contributed by atoms with Gasteiger partial charge < -0.3 is 14.2 Å². The number of hydrogen-bond donors (Lipinski definition) is 0. The Bertz CT molecular complexity index is 830. The molecule has 1 aromatic heterocycles. The maximum Gasteiger partial charge on any atom is 0.254 e. The van der Waals surface area contributed by atoms with Crippen LogP contribution in [0.5, 0.6) is 0 Å². The zero-order valence-electron chi connectivity index (χ0n) is 15.4. The van der Waals surface area contributed by atoms with Crippen LogP contribution in [0.25, 0.3) is 0 Å². The Morgan fingerprint density at radius 3 is 2.62 bits per heavy atom. The van der Waals surface area contributed by atoms with Crippen molar-refractivity contribution in [1.29, 1.82) is 0 Å². The predicted molar refractivity (Wildman–Crippen MR) is 94.7 cm³/mol. The van der Waals surface area contributed by atoms with Crippen molar-refractivity contribution < 1.29 is 18.8 Å². The second kappa shape index (κ2) is 6.87. The molecule has 0 radical (unpaired) electrons. The first-order chi connectivity index (χ1) is 12.4. The van der Waals surface area contributed by atoms with Gasteiger partial charge in [0.1, 0.15) is 18.8 Å². The Kier molecular flexibility index (Phi) is 4.78. The van der Waals surface area contributed by atoms with Gasteiger partial charge in [0.25, 0.3) is 17.7 Å². The van der Waals surface area contributed by atoms with Crippen LogP contribution in [0.15, 0.2) is 28.8 Å². The number of likely N-dealkylation sites (N-methyl/N-ethyl adjacent to an activating group) is 1. The van der Waals surface area contributed by atoms with E-state index >= 15 is 0 Å². The molecule has 2 aromatic rings. The summed E-state index contributed by atoms with van der Waals surface area (Å²) in [4.78, 5) is 32.8. The van der Waals surface area contributed by atoms with Gasteiger partial charge in [-0.1, -0.05) is 24.2 Å². The monoisotopic (exact) mass is 358 g/mol. The van der Waals surface area contributed by atoms with Gasteiger partial charge in [0.2, 0.25) is 0 Å². The summed E-state index contributed by atoms with van der Waals surface area (Å²) in [7, 11) is 1.71. The molecular weight excluding hydrogens is 336 g/mol. The Labute approximate surface area is 151 Å². The van der Waals surface area contributed by atoms with Gasteiger partial charge in [-0.15, -0.1) is 0 Å². The van der Waals surface area contributed by atoms with Gasteiger partial charge in [0.15, 0.2) is 5.82 Å². The highest BCUT2D eigenvalue weighted by atomic mass is 16.5. The molecule has 2 heterocycles. The lowest BCUT2D eigenvalue weighted by Crippen LogP contribution is -2.62. The second-order valence-corrected chi connectivity index (χ2v) is 6.59. The molecule has 0 N–H and O–H groups in total. The van der Waals surface area contributed by atoms with Gasteiger partial charge >= 0.3 is 0 Å². The molecule has 0 spiro atoms. The molecule has 3 rings (SSSR count). The number of fused-ring (bicyclic) bond motifs is 1. The summed E-state index contributed by atoms with van der Waals surface area (Å²) in [5.74, 6) is 0.451. The highest BCUT2D eigenvalue weighted by Gasteiger charge is 2.46. The quantitative estimate of drug-likeness (QED) is 0.811. The number of nitrogens with zero attached hydrogens (tertiary/aromatic N) is 4. The van der Waals surface area contributed by atoms with Gasteiger partial charge in [-0.3, -0.25) is 14.5 Å². The van der Waals surface area contributed by atoms with Crippen LogP contribution in [0.4, 0.5) is 11.4 Å². The molecule has 1 aromatic carbocycles. The lowest BCUT2D eigenvalue weighted by Gasteiger charge is -2.45. The first-order valence-electron chi connectivity index (χ1n) is 8.45. The molecule has 8 heteroatoms. The minimum absolute atomic E-state index is 0.0442. The van der Waals surface area contributed by atoms with Crippen LogP contribution < -0.4 is 9.80 Å². The third kappa shape index (κ3) is 3.08.